The average Bonchev–Trinajstić information content (AvgIpc) is 2.46. The molecule has 21 heavy (non-hydrogen) atoms. The maximum absolute atomic E-state index is 12.2. The van der Waals surface area contributed by atoms with Crippen LogP contribution in [-0.4, -0.2) is 21.8 Å². The fourth-order valence-electron chi connectivity index (χ4n) is 2.10. The van der Waals surface area contributed by atoms with Crippen LogP contribution in [0.4, 0.5) is 11.6 Å². The lowest BCUT2D eigenvalue weighted by Gasteiger charge is -2.17. The van der Waals surface area contributed by atoms with Crippen molar-refractivity contribution in [3.05, 3.63) is 46.7 Å². The van der Waals surface area contributed by atoms with Crippen LogP contribution in [0.1, 0.15) is 22.3 Å². The van der Waals surface area contributed by atoms with Crippen LogP contribution in [0.25, 0.3) is 0 Å². The predicted molar refractivity (Wildman–Crippen MR) is 78.4 cm³/mol. The Kier molecular flexibility index (Phi) is 3.53. The molecule has 7 heteroatoms. The Hall–Kier alpha value is -2.47. The van der Waals surface area contributed by atoms with Gasteiger partial charge in [-0.15, -0.1) is 0 Å². The van der Waals surface area contributed by atoms with Crippen molar-refractivity contribution in [1.29, 1.82) is 0 Å². The van der Waals surface area contributed by atoms with Gasteiger partial charge in [-0.25, -0.2) is 9.97 Å². The van der Waals surface area contributed by atoms with Crippen molar-refractivity contribution in [2.45, 2.75) is 12.8 Å². The van der Waals surface area contributed by atoms with Crippen molar-refractivity contribution in [3.63, 3.8) is 0 Å². The number of rotatable bonds is 2. The smallest absolute Gasteiger partial charge is 0.258 e. The van der Waals surface area contributed by atoms with E-state index in [0.717, 1.165) is 11.3 Å². The number of hydrogen-bond acceptors (Lipinski definition) is 4. The van der Waals surface area contributed by atoms with Crippen LogP contribution in [0.2, 0.25) is 5.15 Å². The molecule has 1 aromatic carbocycles. The molecule has 0 saturated carbocycles. The van der Waals surface area contributed by atoms with Crippen LogP contribution in [0.3, 0.4) is 0 Å². The standard InChI is InChI=1S/C14H11ClN4O2/c15-11-5-6-16-14(18-11)19-13(21)9-1-3-10-8(7-9)2-4-12(20)17-10/h1,3,5-7H,2,4H2,(H,17,20)(H,16,18,19,21). The first-order valence-corrected chi connectivity index (χ1v) is 6.72. The van der Waals surface area contributed by atoms with E-state index in [9.17, 15) is 9.59 Å². The van der Waals surface area contributed by atoms with Crippen LogP contribution in [0.15, 0.2) is 30.5 Å². The number of fused-ring (bicyclic) bond motifs is 1. The van der Waals surface area contributed by atoms with Gasteiger partial charge in [0.25, 0.3) is 5.91 Å². The van der Waals surface area contributed by atoms with Gasteiger partial charge in [0.15, 0.2) is 0 Å². The molecule has 106 valence electrons. The lowest BCUT2D eigenvalue weighted by atomic mass is 10.0. The van der Waals surface area contributed by atoms with E-state index >= 15 is 0 Å². The highest BCUT2D eigenvalue weighted by Crippen LogP contribution is 2.23. The number of carbonyl (C=O) groups is 2. The van der Waals surface area contributed by atoms with E-state index in [1.165, 1.54) is 12.3 Å². The lowest BCUT2D eigenvalue weighted by molar-refractivity contribution is -0.116. The first-order chi connectivity index (χ1) is 10.1. The van der Waals surface area contributed by atoms with Crippen molar-refractivity contribution in [2.75, 3.05) is 10.6 Å². The molecule has 0 spiro atoms. The zero-order chi connectivity index (χ0) is 14.8. The molecular formula is C14H11ClN4O2. The van der Waals surface area contributed by atoms with E-state index in [0.29, 0.717) is 18.4 Å². The number of nitrogens with one attached hydrogen (secondary N) is 2. The van der Waals surface area contributed by atoms with Crippen LogP contribution >= 0.6 is 11.6 Å². The molecule has 0 atom stereocenters. The number of carbonyl (C=O) groups excluding carboxylic acids is 2. The quantitative estimate of drug-likeness (QED) is 0.834. The van der Waals surface area contributed by atoms with Crippen molar-refractivity contribution in [2.24, 2.45) is 0 Å². The molecule has 2 amide bonds. The number of halogens is 1. The maximum atomic E-state index is 12.2. The maximum Gasteiger partial charge on any atom is 0.258 e. The van der Waals surface area contributed by atoms with E-state index in [-0.39, 0.29) is 22.9 Å². The third-order valence-corrected chi connectivity index (χ3v) is 3.32. The Labute approximate surface area is 125 Å². The first kappa shape index (κ1) is 13.5. The summed E-state index contributed by atoms with van der Waals surface area (Å²) < 4.78 is 0. The SMILES string of the molecule is O=C1CCc2cc(C(=O)Nc3nccc(Cl)n3)ccc2N1. The number of hydrogen-bond donors (Lipinski definition) is 2. The van der Waals surface area contributed by atoms with Gasteiger partial charge in [0.05, 0.1) is 0 Å². The van der Waals surface area contributed by atoms with Gasteiger partial charge in [0.2, 0.25) is 11.9 Å². The van der Waals surface area contributed by atoms with Gasteiger partial charge in [-0.1, -0.05) is 11.6 Å². The minimum absolute atomic E-state index is 0.00738. The molecule has 3 rings (SSSR count). The number of aryl methyl sites for hydroxylation is 1. The van der Waals surface area contributed by atoms with Crippen LogP contribution < -0.4 is 10.6 Å². The van der Waals surface area contributed by atoms with Crippen molar-refractivity contribution >= 4 is 35.1 Å². The molecule has 0 saturated heterocycles. The molecule has 0 fully saturated rings. The summed E-state index contributed by atoms with van der Waals surface area (Å²) in [6.45, 7) is 0. The molecule has 2 aromatic rings. The summed E-state index contributed by atoms with van der Waals surface area (Å²) in [5.41, 5.74) is 2.17. The van der Waals surface area contributed by atoms with Gasteiger partial charge in [0, 0.05) is 23.9 Å². The number of anilines is 2. The van der Waals surface area contributed by atoms with Gasteiger partial charge < -0.3 is 5.32 Å². The van der Waals surface area contributed by atoms with Crippen molar-refractivity contribution in [3.8, 4) is 0 Å². The summed E-state index contributed by atoms with van der Waals surface area (Å²) >= 11 is 5.74. The third kappa shape index (κ3) is 3.00. The number of nitrogens with zero attached hydrogens (tertiary/aromatic N) is 2. The highest BCUT2D eigenvalue weighted by molar-refractivity contribution is 6.29. The Morgan fingerprint density at radius 3 is 2.95 bits per heavy atom. The van der Waals surface area contributed by atoms with Crippen LogP contribution in [-0.2, 0) is 11.2 Å². The molecule has 0 bridgehead atoms. The van der Waals surface area contributed by atoms with Gasteiger partial charge >= 0.3 is 0 Å². The fourth-order valence-corrected chi connectivity index (χ4v) is 2.23. The first-order valence-electron chi connectivity index (χ1n) is 6.34. The molecular weight excluding hydrogens is 292 g/mol. The van der Waals surface area contributed by atoms with Crippen LogP contribution in [0, 0.1) is 0 Å². The van der Waals surface area contributed by atoms with Gasteiger partial charge in [-0.3, -0.25) is 14.9 Å². The predicted octanol–water partition coefficient (Wildman–Crippen LogP) is 2.27. The zero-order valence-electron chi connectivity index (χ0n) is 10.9. The number of amides is 2. The molecule has 1 aromatic heterocycles. The number of benzene rings is 1. The van der Waals surface area contributed by atoms with E-state index in [4.69, 9.17) is 11.6 Å². The van der Waals surface area contributed by atoms with E-state index in [2.05, 4.69) is 20.6 Å². The molecule has 2 N–H and O–H groups in total. The van der Waals surface area contributed by atoms with Gasteiger partial charge in [0.1, 0.15) is 5.15 Å². The molecule has 0 radical (unpaired) electrons. The summed E-state index contributed by atoms with van der Waals surface area (Å²) in [6, 6.07) is 6.65. The second-order valence-electron chi connectivity index (χ2n) is 4.58. The minimum atomic E-state index is -0.322. The summed E-state index contributed by atoms with van der Waals surface area (Å²) in [5.74, 6) is -0.178. The second-order valence-corrected chi connectivity index (χ2v) is 4.96. The van der Waals surface area contributed by atoms with Gasteiger partial charge in [-0.2, -0.15) is 0 Å². The fraction of sp³-hybridized carbons (Fsp3) is 0.143. The van der Waals surface area contributed by atoms with Crippen molar-refractivity contribution in [1.82, 2.24) is 9.97 Å². The average molecular weight is 303 g/mol. The van der Waals surface area contributed by atoms with E-state index < -0.39 is 0 Å². The zero-order valence-corrected chi connectivity index (χ0v) is 11.6. The highest BCUT2D eigenvalue weighted by atomic mass is 35.5. The number of aromatic nitrogens is 2. The summed E-state index contributed by atoms with van der Waals surface area (Å²) in [7, 11) is 0. The molecule has 1 aliphatic heterocycles. The summed E-state index contributed by atoms with van der Waals surface area (Å²) in [4.78, 5) is 31.3. The highest BCUT2D eigenvalue weighted by Gasteiger charge is 2.17. The topological polar surface area (TPSA) is 84.0 Å². The molecule has 1 aliphatic rings. The Bertz CT molecular complexity index is 733. The Morgan fingerprint density at radius 2 is 2.14 bits per heavy atom. The Balaban J connectivity index is 1.81. The van der Waals surface area contributed by atoms with E-state index in [1.54, 1.807) is 18.2 Å². The summed E-state index contributed by atoms with van der Waals surface area (Å²) in [5, 5.41) is 5.61. The largest absolute Gasteiger partial charge is 0.326 e. The van der Waals surface area contributed by atoms with Crippen molar-refractivity contribution < 1.29 is 9.59 Å². The van der Waals surface area contributed by atoms with Crippen LogP contribution in [0.5, 0.6) is 0 Å². The molecule has 0 aliphatic carbocycles. The monoisotopic (exact) mass is 302 g/mol. The molecule has 6 nitrogen and oxygen atoms in total. The summed E-state index contributed by atoms with van der Waals surface area (Å²) in [6.07, 6.45) is 2.51. The van der Waals surface area contributed by atoms with E-state index in [1.807, 2.05) is 0 Å². The minimum Gasteiger partial charge on any atom is -0.326 e. The molecule has 0 unspecified atom stereocenters. The van der Waals surface area contributed by atoms with Gasteiger partial charge in [-0.05, 0) is 36.2 Å². The molecule has 2 heterocycles. The second kappa shape index (κ2) is 5.49. The third-order valence-electron chi connectivity index (χ3n) is 3.11. The lowest BCUT2D eigenvalue weighted by Crippen LogP contribution is -2.20. The Morgan fingerprint density at radius 1 is 1.29 bits per heavy atom. The normalized spacial score (nSPS) is 13.3.